The fourth-order valence-electron chi connectivity index (χ4n) is 2.41. The molecule has 0 N–H and O–H groups in total. The largest absolute Gasteiger partial charge is 0.275 e. The van der Waals surface area contributed by atoms with Gasteiger partial charge in [0.25, 0.3) is 10.0 Å². The van der Waals surface area contributed by atoms with Gasteiger partial charge in [0.05, 0.1) is 11.9 Å². The first-order valence-electron chi connectivity index (χ1n) is 6.22. The molecule has 2 aromatic rings. The SMILES string of the molecule is Cc1ccc2c(c1)CCCN2S(=O)(=O)c1cnc(Cl)s1. The highest BCUT2D eigenvalue weighted by atomic mass is 35.5. The average molecular weight is 329 g/mol. The highest BCUT2D eigenvalue weighted by molar-refractivity contribution is 7.94. The van der Waals surface area contributed by atoms with Gasteiger partial charge in [-0.1, -0.05) is 40.6 Å². The molecule has 106 valence electrons. The van der Waals surface area contributed by atoms with E-state index >= 15 is 0 Å². The van der Waals surface area contributed by atoms with Crippen molar-refractivity contribution in [1.82, 2.24) is 4.98 Å². The minimum atomic E-state index is -3.56. The zero-order valence-electron chi connectivity index (χ0n) is 10.8. The Bertz CT molecular complexity index is 755. The van der Waals surface area contributed by atoms with E-state index in [1.54, 1.807) is 0 Å². The summed E-state index contributed by atoms with van der Waals surface area (Å²) < 4.78 is 27.3. The molecule has 3 rings (SSSR count). The second-order valence-corrected chi connectivity index (χ2v) is 8.45. The van der Waals surface area contributed by atoms with E-state index in [9.17, 15) is 8.42 Å². The molecule has 0 atom stereocenters. The molecule has 4 nitrogen and oxygen atoms in total. The molecule has 0 radical (unpaired) electrons. The van der Waals surface area contributed by atoms with Crippen molar-refractivity contribution >= 4 is 38.6 Å². The minimum Gasteiger partial charge on any atom is -0.265 e. The van der Waals surface area contributed by atoms with Gasteiger partial charge in [-0.05, 0) is 31.4 Å². The van der Waals surface area contributed by atoms with Crippen molar-refractivity contribution in [1.29, 1.82) is 0 Å². The number of nitrogens with zero attached hydrogens (tertiary/aromatic N) is 2. The van der Waals surface area contributed by atoms with Crippen LogP contribution in [0.3, 0.4) is 0 Å². The van der Waals surface area contributed by atoms with Gasteiger partial charge in [-0.15, -0.1) is 0 Å². The first kappa shape index (κ1) is 13.9. The molecule has 0 aliphatic carbocycles. The summed E-state index contributed by atoms with van der Waals surface area (Å²) in [5.74, 6) is 0. The topological polar surface area (TPSA) is 50.3 Å². The molecule has 0 spiro atoms. The van der Waals surface area contributed by atoms with Gasteiger partial charge in [0.1, 0.15) is 0 Å². The average Bonchev–Trinajstić information content (AvgIpc) is 2.85. The van der Waals surface area contributed by atoms with Crippen molar-refractivity contribution in [3.8, 4) is 0 Å². The number of halogens is 1. The molecule has 20 heavy (non-hydrogen) atoms. The molecule has 0 bridgehead atoms. The molecular formula is C13H13ClN2O2S2. The number of rotatable bonds is 2. The third-order valence-corrected chi connectivity index (χ3v) is 6.68. The molecule has 0 fully saturated rings. The van der Waals surface area contributed by atoms with E-state index in [4.69, 9.17) is 11.6 Å². The summed E-state index contributed by atoms with van der Waals surface area (Å²) in [5.41, 5.74) is 2.99. The van der Waals surface area contributed by atoms with Gasteiger partial charge in [-0.2, -0.15) is 0 Å². The summed E-state index contributed by atoms with van der Waals surface area (Å²) in [6, 6.07) is 5.87. The molecule has 1 aromatic heterocycles. The van der Waals surface area contributed by atoms with Crippen LogP contribution in [0.2, 0.25) is 4.47 Å². The van der Waals surface area contributed by atoms with Crippen LogP contribution in [0.5, 0.6) is 0 Å². The van der Waals surface area contributed by atoms with Crippen LogP contribution in [-0.2, 0) is 16.4 Å². The van der Waals surface area contributed by atoms with E-state index in [1.807, 2.05) is 19.1 Å². The number of aryl methyl sites for hydroxylation is 2. The number of benzene rings is 1. The van der Waals surface area contributed by atoms with Crippen molar-refractivity contribution in [3.05, 3.63) is 40.0 Å². The second-order valence-electron chi connectivity index (χ2n) is 4.75. The molecule has 1 aromatic carbocycles. The number of anilines is 1. The summed E-state index contributed by atoms with van der Waals surface area (Å²) in [4.78, 5) is 3.83. The molecule has 0 unspecified atom stereocenters. The number of thiazole rings is 1. The highest BCUT2D eigenvalue weighted by Gasteiger charge is 2.30. The predicted octanol–water partition coefficient (Wildman–Crippen LogP) is 3.25. The van der Waals surface area contributed by atoms with Crippen molar-refractivity contribution in [3.63, 3.8) is 0 Å². The molecule has 7 heteroatoms. The minimum absolute atomic E-state index is 0.191. The van der Waals surface area contributed by atoms with E-state index in [0.717, 1.165) is 41.0 Å². The predicted molar refractivity (Wildman–Crippen MR) is 81.2 cm³/mol. The Morgan fingerprint density at radius 2 is 2.20 bits per heavy atom. The lowest BCUT2D eigenvalue weighted by molar-refractivity contribution is 0.588. The van der Waals surface area contributed by atoms with Gasteiger partial charge >= 0.3 is 0 Å². The smallest absolute Gasteiger partial charge is 0.265 e. The van der Waals surface area contributed by atoms with Gasteiger partial charge in [0.2, 0.25) is 0 Å². The summed E-state index contributed by atoms with van der Waals surface area (Å²) in [5, 5.41) is 0. The van der Waals surface area contributed by atoms with Gasteiger partial charge in [0, 0.05) is 6.54 Å². The normalized spacial score (nSPS) is 15.2. The van der Waals surface area contributed by atoms with Crippen LogP contribution in [0, 0.1) is 6.92 Å². The summed E-state index contributed by atoms with van der Waals surface area (Å²) in [6.07, 6.45) is 3.06. The van der Waals surface area contributed by atoms with Gasteiger partial charge in [-0.25, -0.2) is 13.4 Å². The van der Waals surface area contributed by atoms with Crippen molar-refractivity contribution in [2.45, 2.75) is 24.0 Å². The first-order chi connectivity index (χ1) is 9.48. The molecular weight excluding hydrogens is 316 g/mol. The maximum Gasteiger partial charge on any atom is 0.275 e. The summed E-state index contributed by atoms with van der Waals surface area (Å²) >= 11 is 6.74. The van der Waals surface area contributed by atoms with E-state index < -0.39 is 10.0 Å². The van der Waals surface area contributed by atoms with E-state index in [1.165, 1.54) is 10.5 Å². The maximum atomic E-state index is 12.7. The van der Waals surface area contributed by atoms with Crippen LogP contribution in [0.15, 0.2) is 28.6 Å². The van der Waals surface area contributed by atoms with Crippen LogP contribution in [0.4, 0.5) is 5.69 Å². The molecule has 1 aliphatic rings. The zero-order valence-corrected chi connectivity index (χ0v) is 13.2. The molecule has 0 saturated heterocycles. The third-order valence-electron chi connectivity index (χ3n) is 3.31. The number of hydrogen-bond donors (Lipinski definition) is 0. The summed E-state index contributed by atoms with van der Waals surface area (Å²) in [6.45, 7) is 2.50. The standard InChI is InChI=1S/C13H13ClN2O2S2/c1-9-4-5-11-10(7-9)3-2-6-16(11)20(17,18)12-8-15-13(14)19-12/h4-5,7-8H,2-3,6H2,1H3. The Balaban J connectivity index is 2.08. The van der Waals surface area contributed by atoms with Gasteiger partial charge < -0.3 is 0 Å². The van der Waals surface area contributed by atoms with E-state index in [2.05, 4.69) is 11.1 Å². The molecule has 1 aliphatic heterocycles. The fraction of sp³-hybridized carbons (Fsp3) is 0.308. The first-order valence-corrected chi connectivity index (χ1v) is 8.85. The Hall–Kier alpha value is -1.11. The quantitative estimate of drug-likeness (QED) is 0.850. The monoisotopic (exact) mass is 328 g/mol. The number of sulfonamides is 1. The lowest BCUT2D eigenvalue weighted by Crippen LogP contribution is -2.35. The molecule has 2 heterocycles. The van der Waals surface area contributed by atoms with Crippen LogP contribution in [0.1, 0.15) is 17.5 Å². The lowest BCUT2D eigenvalue weighted by atomic mass is 10.0. The van der Waals surface area contributed by atoms with Crippen LogP contribution >= 0.6 is 22.9 Å². The van der Waals surface area contributed by atoms with Crippen molar-refractivity contribution in [2.24, 2.45) is 0 Å². The van der Waals surface area contributed by atoms with Gasteiger partial charge in [-0.3, -0.25) is 4.31 Å². The number of aromatic nitrogens is 1. The molecule has 0 saturated carbocycles. The molecule has 0 amide bonds. The maximum absolute atomic E-state index is 12.7. The summed E-state index contributed by atoms with van der Waals surface area (Å²) in [7, 11) is -3.56. The third kappa shape index (κ3) is 2.32. The fourth-order valence-corrected chi connectivity index (χ4v) is 5.36. The Morgan fingerprint density at radius 1 is 1.40 bits per heavy atom. The van der Waals surface area contributed by atoms with Crippen LogP contribution in [0.25, 0.3) is 0 Å². The second kappa shape index (κ2) is 5.02. The van der Waals surface area contributed by atoms with Crippen LogP contribution < -0.4 is 4.31 Å². The lowest BCUT2D eigenvalue weighted by Gasteiger charge is -2.30. The van der Waals surface area contributed by atoms with E-state index in [-0.39, 0.29) is 8.68 Å². The number of fused-ring (bicyclic) bond motifs is 1. The number of hydrogen-bond acceptors (Lipinski definition) is 4. The Morgan fingerprint density at radius 3 is 2.90 bits per heavy atom. The van der Waals surface area contributed by atoms with Crippen molar-refractivity contribution < 1.29 is 8.42 Å². The van der Waals surface area contributed by atoms with E-state index in [0.29, 0.717) is 6.54 Å². The zero-order chi connectivity index (χ0) is 14.3. The highest BCUT2D eigenvalue weighted by Crippen LogP contribution is 2.34. The van der Waals surface area contributed by atoms with Crippen molar-refractivity contribution in [2.75, 3.05) is 10.8 Å². The Labute approximate surface area is 127 Å². The Kier molecular flexibility index (Phi) is 3.48. The van der Waals surface area contributed by atoms with Gasteiger partial charge in [0.15, 0.2) is 8.68 Å². The van der Waals surface area contributed by atoms with Crippen LogP contribution in [-0.4, -0.2) is 19.9 Å².